The average molecular weight is 307 g/mol. The number of primary sulfonamides is 1. The lowest BCUT2D eigenvalue weighted by atomic mass is 9.79. The van der Waals surface area contributed by atoms with Crippen molar-refractivity contribution in [2.75, 3.05) is 18.8 Å². The van der Waals surface area contributed by atoms with Crippen molar-refractivity contribution < 1.29 is 23.1 Å². The van der Waals surface area contributed by atoms with E-state index in [1.165, 1.54) is 0 Å². The summed E-state index contributed by atoms with van der Waals surface area (Å²) in [5, 5.41) is 18.8. The van der Waals surface area contributed by atoms with Crippen LogP contribution >= 0.6 is 0 Å². The summed E-state index contributed by atoms with van der Waals surface area (Å²) in [5.41, 5.74) is 0. The first-order chi connectivity index (χ1) is 9.29. The molecule has 2 atom stereocenters. The minimum Gasteiger partial charge on any atom is -0.481 e. The van der Waals surface area contributed by atoms with Crippen molar-refractivity contribution in [3.63, 3.8) is 0 Å². The third kappa shape index (κ3) is 6.20. The minimum atomic E-state index is -3.60. The maximum absolute atomic E-state index is 11.4. The molecule has 1 aliphatic rings. The van der Waals surface area contributed by atoms with Crippen LogP contribution in [0.25, 0.3) is 0 Å². The fourth-order valence-electron chi connectivity index (χ4n) is 2.37. The molecule has 1 rings (SSSR count). The first-order valence-electron chi connectivity index (χ1n) is 6.54. The Morgan fingerprint density at radius 1 is 1.20 bits per heavy atom. The zero-order chi connectivity index (χ0) is 15.2. The molecule has 0 aliphatic heterocycles. The van der Waals surface area contributed by atoms with Crippen molar-refractivity contribution in [3.05, 3.63) is 0 Å². The standard InChI is InChI=1S/C11H21N3O5S/c12-20(18,19)6-5-13-11(17)14-7-8-3-1-2-4-9(8)10(15)16/h8-9H,1-7H2,(H,15,16)(H2,12,18,19)(H2,13,14,17). The Morgan fingerprint density at radius 2 is 1.85 bits per heavy atom. The summed E-state index contributed by atoms with van der Waals surface area (Å²) in [6, 6.07) is -0.511. The zero-order valence-corrected chi connectivity index (χ0v) is 12.0. The van der Waals surface area contributed by atoms with Crippen LogP contribution in [0.1, 0.15) is 25.7 Å². The second-order valence-electron chi connectivity index (χ2n) is 4.99. The van der Waals surface area contributed by atoms with E-state index in [1.54, 1.807) is 0 Å². The Morgan fingerprint density at radius 3 is 2.45 bits per heavy atom. The van der Waals surface area contributed by atoms with E-state index in [9.17, 15) is 18.0 Å². The fourth-order valence-corrected chi connectivity index (χ4v) is 2.76. The molecule has 8 nitrogen and oxygen atoms in total. The number of urea groups is 1. The van der Waals surface area contributed by atoms with Crippen LogP contribution in [0.5, 0.6) is 0 Å². The number of carbonyl (C=O) groups excluding carboxylic acids is 1. The number of hydrogen-bond donors (Lipinski definition) is 4. The summed E-state index contributed by atoms with van der Waals surface area (Å²) in [6.45, 7) is 0.204. The van der Waals surface area contributed by atoms with Crippen LogP contribution in [0.4, 0.5) is 4.79 Å². The summed E-state index contributed by atoms with van der Waals surface area (Å²) >= 11 is 0. The summed E-state index contributed by atoms with van der Waals surface area (Å²) in [4.78, 5) is 22.5. The molecular weight excluding hydrogens is 286 g/mol. The third-order valence-electron chi connectivity index (χ3n) is 3.42. The molecular formula is C11H21N3O5S. The Kier molecular flexibility index (Phi) is 6.21. The smallest absolute Gasteiger partial charge is 0.314 e. The van der Waals surface area contributed by atoms with Crippen LogP contribution in [0, 0.1) is 11.8 Å². The number of rotatable bonds is 6. The number of hydrogen-bond acceptors (Lipinski definition) is 4. The molecule has 0 saturated heterocycles. The summed E-state index contributed by atoms with van der Waals surface area (Å²) in [7, 11) is -3.60. The predicted octanol–water partition coefficient (Wildman–Crippen LogP) is -0.535. The maximum Gasteiger partial charge on any atom is 0.314 e. The lowest BCUT2D eigenvalue weighted by Crippen LogP contribution is -2.43. The van der Waals surface area contributed by atoms with Crippen molar-refractivity contribution in [2.45, 2.75) is 25.7 Å². The molecule has 0 aromatic heterocycles. The monoisotopic (exact) mass is 307 g/mol. The molecule has 1 saturated carbocycles. The van der Waals surface area contributed by atoms with E-state index in [-0.39, 0.29) is 24.8 Å². The number of carboxylic acid groups (broad SMARTS) is 1. The molecule has 0 aromatic carbocycles. The van der Waals surface area contributed by atoms with Gasteiger partial charge < -0.3 is 15.7 Å². The van der Waals surface area contributed by atoms with Crippen LogP contribution in [0.2, 0.25) is 0 Å². The molecule has 20 heavy (non-hydrogen) atoms. The first kappa shape index (κ1) is 16.7. The van der Waals surface area contributed by atoms with E-state index in [0.29, 0.717) is 6.42 Å². The molecule has 5 N–H and O–H groups in total. The van der Waals surface area contributed by atoms with E-state index < -0.39 is 27.9 Å². The largest absolute Gasteiger partial charge is 0.481 e. The normalized spacial score (nSPS) is 23.1. The van der Waals surface area contributed by atoms with Gasteiger partial charge in [0.1, 0.15) is 0 Å². The molecule has 2 unspecified atom stereocenters. The van der Waals surface area contributed by atoms with Gasteiger partial charge in [-0.2, -0.15) is 0 Å². The second-order valence-corrected chi connectivity index (χ2v) is 6.73. The molecule has 0 spiro atoms. The highest BCUT2D eigenvalue weighted by Crippen LogP contribution is 2.29. The molecule has 0 bridgehead atoms. The van der Waals surface area contributed by atoms with Gasteiger partial charge in [-0.15, -0.1) is 0 Å². The van der Waals surface area contributed by atoms with Gasteiger partial charge in [-0.3, -0.25) is 4.79 Å². The van der Waals surface area contributed by atoms with E-state index in [1.807, 2.05) is 0 Å². The van der Waals surface area contributed by atoms with Crippen LogP contribution in [-0.4, -0.2) is 44.4 Å². The topological polar surface area (TPSA) is 139 Å². The number of nitrogens with one attached hydrogen (secondary N) is 2. The molecule has 2 amide bonds. The number of nitrogens with two attached hydrogens (primary N) is 1. The average Bonchev–Trinajstić information content (AvgIpc) is 2.35. The van der Waals surface area contributed by atoms with Gasteiger partial charge in [0.15, 0.2) is 0 Å². The van der Waals surface area contributed by atoms with Crippen LogP contribution in [0.15, 0.2) is 0 Å². The lowest BCUT2D eigenvalue weighted by molar-refractivity contribution is -0.144. The highest BCUT2D eigenvalue weighted by molar-refractivity contribution is 7.89. The van der Waals surface area contributed by atoms with Gasteiger partial charge >= 0.3 is 12.0 Å². The second kappa shape index (κ2) is 7.44. The van der Waals surface area contributed by atoms with Gasteiger partial charge in [0, 0.05) is 13.1 Å². The van der Waals surface area contributed by atoms with E-state index in [2.05, 4.69) is 10.6 Å². The number of aliphatic carboxylic acids is 1. The highest BCUT2D eigenvalue weighted by atomic mass is 32.2. The number of amides is 2. The van der Waals surface area contributed by atoms with Gasteiger partial charge in [0.25, 0.3) is 0 Å². The third-order valence-corrected chi connectivity index (χ3v) is 4.20. The maximum atomic E-state index is 11.4. The Balaban J connectivity index is 2.30. The Hall–Kier alpha value is -1.35. The number of carbonyl (C=O) groups is 2. The minimum absolute atomic E-state index is 0.0717. The van der Waals surface area contributed by atoms with E-state index in [0.717, 1.165) is 19.3 Å². The SMILES string of the molecule is NS(=O)(=O)CCNC(=O)NCC1CCCCC1C(=O)O. The van der Waals surface area contributed by atoms with Crippen molar-refractivity contribution in [1.29, 1.82) is 0 Å². The fraction of sp³-hybridized carbons (Fsp3) is 0.818. The molecule has 1 fully saturated rings. The predicted molar refractivity (Wildman–Crippen MR) is 72.5 cm³/mol. The lowest BCUT2D eigenvalue weighted by Gasteiger charge is -2.28. The first-order valence-corrected chi connectivity index (χ1v) is 8.26. The van der Waals surface area contributed by atoms with Crippen LogP contribution in [0.3, 0.4) is 0 Å². The van der Waals surface area contributed by atoms with Crippen LogP contribution in [-0.2, 0) is 14.8 Å². The van der Waals surface area contributed by atoms with Crippen molar-refractivity contribution in [2.24, 2.45) is 17.0 Å². The Bertz CT molecular complexity index is 451. The highest BCUT2D eigenvalue weighted by Gasteiger charge is 2.30. The van der Waals surface area contributed by atoms with Gasteiger partial charge in [0.05, 0.1) is 11.7 Å². The van der Waals surface area contributed by atoms with E-state index >= 15 is 0 Å². The summed E-state index contributed by atoms with van der Waals surface area (Å²) in [5.74, 6) is -1.66. The zero-order valence-electron chi connectivity index (χ0n) is 11.2. The number of sulfonamides is 1. The molecule has 0 radical (unpaired) electrons. The Labute approximate surface area is 118 Å². The summed E-state index contributed by atoms with van der Waals surface area (Å²) in [6.07, 6.45) is 3.26. The van der Waals surface area contributed by atoms with Gasteiger partial charge in [-0.1, -0.05) is 12.8 Å². The van der Waals surface area contributed by atoms with Gasteiger partial charge in [0.2, 0.25) is 10.0 Å². The van der Waals surface area contributed by atoms with Gasteiger partial charge in [-0.25, -0.2) is 18.4 Å². The number of carboxylic acids is 1. The van der Waals surface area contributed by atoms with Gasteiger partial charge in [-0.05, 0) is 18.8 Å². The summed E-state index contributed by atoms with van der Waals surface area (Å²) < 4.78 is 21.4. The van der Waals surface area contributed by atoms with Crippen molar-refractivity contribution in [3.8, 4) is 0 Å². The van der Waals surface area contributed by atoms with Crippen molar-refractivity contribution >= 4 is 22.0 Å². The molecule has 0 aromatic rings. The van der Waals surface area contributed by atoms with Crippen LogP contribution < -0.4 is 15.8 Å². The van der Waals surface area contributed by atoms with E-state index in [4.69, 9.17) is 10.2 Å². The molecule has 0 heterocycles. The molecule has 116 valence electrons. The molecule has 1 aliphatic carbocycles. The molecule has 9 heteroatoms. The quantitative estimate of drug-likeness (QED) is 0.522. The van der Waals surface area contributed by atoms with Crippen molar-refractivity contribution in [1.82, 2.24) is 10.6 Å².